The minimum absolute atomic E-state index is 0.915. The predicted octanol–water partition coefficient (Wildman–Crippen LogP) is 3.58. The average molecular weight is 246 g/mol. The van der Waals surface area contributed by atoms with Gasteiger partial charge >= 0.3 is 6.16 Å². The summed E-state index contributed by atoms with van der Waals surface area (Å²) in [4.78, 5) is 8.56. The van der Waals surface area contributed by atoms with Crippen LogP contribution in [0.2, 0.25) is 0 Å². The van der Waals surface area contributed by atoms with Crippen molar-refractivity contribution in [3.05, 3.63) is 54.6 Å². The van der Waals surface area contributed by atoms with Gasteiger partial charge < -0.3 is 14.9 Å². The number of hydrogen-bond acceptors (Lipinski definition) is 2. The summed E-state index contributed by atoms with van der Waals surface area (Å²) in [5.74, 6) is 0.915. The Labute approximate surface area is 105 Å². The van der Waals surface area contributed by atoms with Crippen LogP contribution < -0.4 is 4.74 Å². The van der Waals surface area contributed by atoms with Crippen molar-refractivity contribution in [2.75, 3.05) is 7.11 Å². The lowest BCUT2D eigenvalue weighted by atomic mass is 10.1. The quantitative estimate of drug-likeness (QED) is 0.849. The molecule has 0 fully saturated rings. The van der Waals surface area contributed by atoms with E-state index in [4.69, 9.17) is 19.7 Å². The Morgan fingerprint density at radius 1 is 0.944 bits per heavy atom. The van der Waals surface area contributed by atoms with Crippen molar-refractivity contribution in [2.24, 2.45) is 0 Å². The molecule has 0 spiro atoms. The van der Waals surface area contributed by atoms with E-state index in [2.05, 4.69) is 18.2 Å². The molecule has 0 atom stereocenters. The fourth-order valence-corrected chi connectivity index (χ4v) is 1.50. The van der Waals surface area contributed by atoms with E-state index in [0.29, 0.717) is 0 Å². The third kappa shape index (κ3) is 4.17. The molecule has 0 radical (unpaired) electrons. The molecule has 0 aromatic heterocycles. The summed E-state index contributed by atoms with van der Waals surface area (Å²) in [6, 6.07) is 18.3. The predicted molar refractivity (Wildman–Crippen MR) is 69.1 cm³/mol. The van der Waals surface area contributed by atoms with Crippen LogP contribution in [0.1, 0.15) is 0 Å². The second-order valence-electron chi connectivity index (χ2n) is 3.35. The fraction of sp³-hybridized carbons (Fsp3) is 0.0714. The molecular formula is C14H14O4. The summed E-state index contributed by atoms with van der Waals surface area (Å²) >= 11 is 0. The Hall–Kier alpha value is -2.49. The first kappa shape index (κ1) is 13.6. The maximum absolute atomic E-state index is 8.56. The zero-order valence-electron chi connectivity index (χ0n) is 9.91. The fourth-order valence-electron chi connectivity index (χ4n) is 1.50. The van der Waals surface area contributed by atoms with Crippen molar-refractivity contribution in [3.8, 4) is 16.9 Å². The lowest BCUT2D eigenvalue weighted by Crippen LogP contribution is -1.86. The zero-order chi connectivity index (χ0) is 13.4. The molecular weight excluding hydrogens is 232 g/mol. The van der Waals surface area contributed by atoms with Gasteiger partial charge in [0, 0.05) is 5.56 Å². The number of ether oxygens (including phenoxy) is 1. The second-order valence-corrected chi connectivity index (χ2v) is 3.35. The van der Waals surface area contributed by atoms with E-state index >= 15 is 0 Å². The number of para-hydroxylation sites is 1. The van der Waals surface area contributed by atoms with E-state index in [-0.39, 0.29) is 0 Å². The third-order valence-corrected chi connectivity index (χ3v) is 2.19. The summed E-state index contributed by atoms with van der Waals surface area (Å²) in [6.45, 7) is 0. The molecule has 0 aliphatic carbocycles. The van der Waals surface area contributed by atoms with Crippen molar-refractivity contribution in [2.45, 2.75) is 0 Å². The molecule has 2 rings (SSSR count). The van der Waals surface area contributed by atoms with Crippen LogP contribution in [0.5, 0.6) is 5.75 Å². The van der Waals surface area contributed by atoms with Crippen LogP contribution in [-0.4, -0.2) is 23.5 Å². The van der Waals surface area contributed by atoms with E-state index in [1.807, 2.05) is 36.4 Å². The number of methoxy groups -OCH3 is 1. The molecule has 0 amide bonds. The molecule has 0 heterocycles. The minimum Gasteiger partial charge on any atom is -0.496 e. The molecule has 2 aromatic carbocycles. The van der Waals surface area contributed by atoms with Gasteiger partial charge in [0.05, 0.1) is 7.11 Å². The number of benzene rings is 2. The van der Waals surface area contributed by atoms with Crippen molar-refractivity contribution in [3.63, 3.8) is 0 Å². The summed E-state index contributed by atoms with van der Waals surface area (Å²) in [5.41, 5.74) is 2.32. The van der Waals surface area contributed by atoms with Crippen LogP contribution in [0.25, 0.3) is 11.1 Å². The molecule has 4 nitrogen and oxygen atoms in total. The van der Waals surface area contributed by atoms with Crippen LogP contribution in [0.3, 0.4) is 0 Å². The first-order valence-corrected chi connectivity index (χ1v) is 5.25. The molecule has 0 saturated carbocycles. The van der Waals surface area contributed by atoms with Gasteiger partial charge in [0.1, 0.15) is 5.75 Å². The largest absolute Gasteiger partial charge is 0.503 e. The first-order chi connectivity index (χ1) is 8.65. The van der Waals surface area contributed by atoms with E-state index in [9.17, 15) is 0 Å². The maximum Gasteiger partial charge on any atom is 0.503 e. The van der Waals surface area contributed by atoms with Gasteiger partial charge in [-0.3, -0.25) is 0 Å². The third-order valence-electron chi connectivity index (χ3n) is 2.19. The van der Waals surface area contributed by atoms with Gasteiger partial charge in [0.2, 0.25) is 0 Å². The first-order valence-electron chi connectivity index (χ1n) is 5.25. The lowest BCUT2D eigenvalue weighted by Gasteiger charge is -2.07. The molecule has 94 valence electrons. The van der Waals surface area contributed by atoms with Gasteiger partial charge in [-0.1, -0.05) is 48.5 Å². The van der Waals surface area contributed by atoms with Crippen LogP contribution >= 0.6 is 0 Å². The zero-order valence-corrected chi connectivity index (χ0v) is 9.91. The van der Waals surface area contributed by atoms with Crippen LogP contribution in [0.15, 0.2) is 54.6 Å². The lowest BCUT2D eigenvalue weighted by molar-refractivity contribution is 0.137. The standard InChI is InChI=1S/C13H12O.CH2O3/c1-14-13-10-6-5-9-12(13)11-7-3-2-4-8-11;2-1(3)4/h2-10H,1H3;(H2,2,3,4). The molecule has 0 aliphatic heterocycles. The molecule has 0 bridgehead atoms. The minimum atomic E-state index is -1.83. The SMILES string of the molecule is COc1ccccc1-c1ccccc1.O=C(O)O. The molecule has 18 heavy (non-hydrogen) atoms. The Kier molecular flexibility index (Phi) is 5.25. The maximum atomic E-state index is 8.56. The Bertz CT molecular complexity index is 490. The van der Waals surface area contributed by atoms with Crippen molar-refractivity contribution < 1.29 is 19.7 Å². The van der Waals surface area contributed by atoms with Crippen LogP contribution in [0, 0.1) is 0 Å². The highest BCUT2D eigenvalue weighted by molar-refractivity contribution is 5.70. The summed E-state index contributed by atoms with van der Waals surface area (Å²) in [6.07, 6.45) is -1.83. The highest BCUT2D eigenvalue weighted by Crippen LogP contribution is 2.28. The number of carboxylic acid groups (broad SMARTS) is 2. The van der Waals surface area contributed by atoms with E-state index < -0.39 is 6.16 Å². The van der Waals surface area contributed by atoms with Crippen molar-refractivity contribution in [1.29, 1.82) is 0 Å². The molecule has 0 unspecified atom stereocenters. The molecule has 0 aliphatic rings. The number of hydrogen-bond donors (Lipinski definition) is 2. The highest BCUT2D eigenvalue weighted by atomic mass is 16.6. The molecule has 0 saturated heterocycles. The molecule has 4 heteroatoms. The monoisotopic (exact) mass is 246 g/mol. The number of carbonyl (C=O) groups is 1. The van der Waals surface area contributed by atoms with E-state index in [1.54, 1.807) is 7.11 Å². The molecule has 2 N–H and O–H groups in total. The van der Waals surface area contributed by atoms with E-state index in [1.165, 1.54) is 5.56 Å². The summed E-state index contributed by atoms with van der Waals surface area (Å²) < 4.78 is 5.30. The van der Waals surface area contributed by atoms with Crippen molar-refractivity contribution in [1.82, 2.24) is 0 Å². The smallest absolute Gasteiger partial charge is 0.496 e. The van der Waals surface area contributed by atoms with Crippen LogP contribution in [-0.2, 0) is 0 Å². The molecule has 2 aromatic rings. The van der Waals surface area contributed by atoms with Crippen LogP contribution in [0.4, 0.5) is 4.79 Å². The van der Waals surface area contributed by atoms with Gasteiger partial charge in [-0.15, -0.1) is 0 Å². The normalized spacial score (nSPS) is 8.94. The van der Waals surface area contributed by atoms with Crippen molar-refractivity contribution >= 4 is 6.16 Å². The second kappa shape index (κ2) is 6.96. The highest BCUT2D eigenvalue weighted by Gasteiger charge is 2.02. The topological polar surface area (TPSA) is 66.8 Å². The van der Waals surface area contributed by atoms with E-state index in [0.717, 1.165) is 11.3 Å². The summed E-state index contributed by atoms with van der Waals surface area (Å²) in [7, 11) is 1.70. The Morgan fingerprint density at radius 3 is 2.00 bits per heavy atom. The number of rotatable bonds is 2. The van der Waals surface area contributed by atoms with Gasteiger partial charge in [0.15, 0.2) is 0 Å². The Balaban J connectivity index is 0.000000357. The van der Waals surface area contributed by atoms with Gasteiger partial charge in [-0.25, -0.2) is 4.79 Å². The average Bonchev–Trinajstić information content (AvgIpc) is 2.39. The van der Waals surface area contributed by atoms with Gasteiger partial charge in [0.25, 0.3) is 0 Å². The summed E-state index contributed by atoms with van der Waals surface area (Å²) in [5, 5.41) is 13.9. The van der Waals surface area contributed by atoms with Gasteiger partial charge in [-0.05, 0) is 11.6 Å². The Morgan fingerprint density at radius 2 is 1.44 bits per heavy atom. The van der Waals surface area contributed by atoms with Gasteiger partial charge in [-0.2, -0.15) is 0 Å².